The van der Waals surface area contributed by atoms with Crippen LogP contribution in [0.3, 0.4) is 0 Å². The first-order chi connectivity index (χ1) is 25.3. The van der Waals surface area contributed by atoms with E-state index in [-0.39, 0.29) is 53.4 Å². The van der Waals surface area contributed by atoms with Gasteiger partial charge in [-0.1, -0.05) is 19.1 Å². The normalized spacial score (nSPS) is 16.8. The summed E-state index contributed by atoms with van der Waals surface area (Å²) in [5.74, 6) is -3.23. The number of para-hydroxylation sites is 1. The van der Waals surface area contributed by atoms with Crippen LogP contribution >= 0.6 is 0 Å². The van der Waals surface area contributed by atoms with Gasteiger partial charge < -0.3 is 28.8 Å². The van der Waals surface area contributed by atoms with Crippen LogP contribution in [-0.4, -0.2) is 107 Å². The van der Waals surface area contributed by atoms with Gasteiger partial charge in [0.2, 0.25) is 21.9 Å². The van der Waals surface area contributed by atoms with E-state index in [9.17, 15) is 44.3 Å². The maximum atomic E-state index is 14.7. The predicted octanol–water partition coefficient (Wildman–Crippen LogP) is 4.53. The van der Waals surface area contributed by atoms with E-state index in [1.807, 2.05) is 0 Å². The SMILES string of the molecule is COc1cccc(OC)c1-n1c(NS(=O)(=O)[C@@H](C)[C@H](C)c2ncc(F)c([C@H]3COCCO3)n2)nnc1-c1cccc(OCC(O)(C(F)(F)F)C(F)(F)F)n1. The number of nitrogens with one attached hydrogen (secondary N) is 1. The molecule has 4 heterocycles. The van der Waals surface area contributed by atoms with E-state index in [0.29, 0.717) is 6.61 Å². The monoisotopic (exact) mass is 795 g/mol. The van der Waals surface area contributed by atoms with Crippen molar-refractivity contribution in [3.05, 3.63) is 59.9 Å². The van der Waals surface area contributed by atoms with Crippen molar-refractivity contribution in [1.82, 2.24) is 29.7 Å². The molecule has 1 fully saturated rings. The third kappa shape index (κ3) is 7.98. The molecule has 0 unspecified atom stereocenters. The van der Waals surface area contributed by atoms with Crippen molar-refractivity contribution in [3.8, 4) is 34.6 Å². The van der Waals surface area contributed by atoms with E-state index in [1.54, 1.807) is 0 Å². The Kier molecular flexibility index (Phi) is 11.6. The number of ether oxygens (including phenoxy) is 5. The summed E-state index contributed by atoms with van der Waals surface area (Å²) < 4.78 is 152. The number of hydrogen-bond acceptors (Lipinski definition) is 13. The molecule has 4 aromatic rings. The molecule has 0 bridgehead atoms. The summed E-state index contributed by atoms with van der Waals surface area (Å²) in [7, 11) is -1.91. The van der Waals surface area contributed by atoms with Crippen molar-refractivity contribution in [1.29, 1.82) is 0 Å². The molecule has 294 valence electrons. The Morgan fingerprint density at radius 3 is 2.22 bits per heavy atom. The minimum absolute atomic E-state index is 0.00116. The predicted molar refractivity (Wildman–Crippen MR) is 172 cm³/mol. The molecule has 0 radical (unpaired) electrons. The molecule has 3 atom stereocenters. The van der Waals surface area contributed by atoms with Gasteiger partial charge in [0.15, 0.2) is 11.6 Å². The summed E-state index contributed by atoms with van der Waals surface area (Å²) >= 11 is 0. The number of aliphatic hydroxyl groups is 1. The van der Waals surface area contributed by atoms with Crippen LogP contribution in [0.5, 0.6) is 17.4 Å². The fourth-order valence-electron chi connectivity index (χ4n) is 5.09. The number of benzene rings is 1. The summed E-state index contributed by atoms with van der Waals surface area (Å²) in [5, 5.41) is 16.2. The average Bonchev–Trinajstić information content (AvgIpc) is 3.54. The van der Waals surface area contributed by atoms with Crippen molar-refractivity contribution < 1.29 is 67.9 Å². The number of rotatable bonds is 13. The Hall–Kier alpha value is -4.87. The molecular formula is C31H32F7N7O8S. The van der Waals surface area contributed by atoms with Gasteiger partial charge in [-0.15, -0.1) is 10.2 Å². The van der Waals surface area contributed by atoms with Crippen LogP contribution in [0.15, 0.2) is 42.6 Å². The number of nitrogens with zero attached hydrogens (tertiary/aromatic N) is 6. The van der Waals surface area contributed by atoms with E-state index in [0.717, 1.165) is 22.9 Å². The molecule has 5 rings (SSSR count). The lowest BCUT2D eigenvalue weighted by Crippen LogP contribution is -2.60. The van der Waals surface area contributed by atoms with Crippen LogP contribution in [0.25, 0.3) is 17.2 Å². The van der Waals surface area contributed by atoms with E-state index < -0.39 is 69.5 Å². The van der Waals surface area contributed by atoms with Gasteiger partial charge >= 0.3 is 12.4 Å². The smallest absolute Gasteiger partial charge is 0.429 e. The van der Waals surface area contributed by atoms with Gasteiger partial charge in [0.05, 0.1) is 45.5 Å². The second-order valence-electron chi connectivity index (χ2n) is 11.7. The Bertz CT molecular complexity index is 2030. The number of sulfonamides is 1. The van der Waals surface area contributed by atoms with Gasteiger partial charge in [-0.25, -0.2) is 27.8 Å². The molecule has 0 spiro atoms. The van der Waals surface area contributed by atoms with Gasteiger partial charge in [-0.3, -0.25) is 9.29 Å². The van der Waals surface area contributed by atoms with Crippen molar-refractivity contribution >= 4 is 16.0 Å². The van der Waals surface area contributed by atoms with Crippen molar-refractivity contribution in [2.75, 3.05) is 45.4 Å². The number of halogens is 7. The lowest BCUT2D eigenvalue weighted by Gasteiger charge is -2.31. The van der Waals surface area contributed by atoms with Crippen LogP contribution in [-0.2, 0) is 19.5 Å². The van der Waals surface area contributed by atoms with Gasteiger partial charge in [0.1, 0.15) is 47.1 Å². The average molecular weight is 796 g/mol. The molecule has 2 N–H and O–H groups in total. The first kappa shape index (κ1) is 40.3. The van der Waals surface area contributed by atoms with Crippen LogP contribution < -0.4 is 18.9 Å². The number of alkyl halides is 6. The minimum atomic E-state index is -6.16. The number of hydrogen-bond donors (Lipinski definition) is 2. The molecular weight excluding hydrogens is 763 g/mol. The van der Waals surface area contributed by atoms with E-state index >= 15 is 0 Å². The van der Waals surface area contributed by atoms with Crippen molar-refractivity contribution in [2.45, 2.75) is 49.1 Å². The fourth-order valence-corrected chi connectivity index (χ4v) is 6.32. The molecule has 54 heavy (non-hydrogen) atoms. The Morgan fingerprint density at radius 2 is 1.63 bits per heavy atom. The molecule has 1 aliphatic rings. The minimum Gasteiger partial charge on any atom is -0.494 e. The lowest BCUT2D eigenvalue weighted by molar-refractivity contribution is -0.373. The Morgan fingerprint density at radius 1 is 0.981 bits per heavy atom. The second-order valence-corrected chi connectivity index (χ2v) is 13.8. The molecule has 1 aliphatic heterocycles. The zero-order valence-electron chi connectivity index (χ0n) is 28.6. The highest BCUT2D eigenvalue weighted by atomic mass is 32.2. The van der Waals surface area contributed by atoms with Crippen LogP contribution in [0, 0.1) is 5.82 Å². The third-order valence-electron chi connectivity index (χ3n) is 8.35. The largest absolute Gasteiger partial charge is 0.494 e. The van der Waals surface area contributed by atoms with E-state index in [2.05, 4.69) is 29.9 Å². The van der Waals surface area contributed by atoms with Crippen molar-refractivity contribution in [2.24, 2.45) is 0 Å². The van der Waals surface area contributed by atoms with Crippen molar-refractivity contribution in [3.63, 3.8) is 0 Å². The molecule has 1 aromatic carbocycles. The molecule has 0 amide bonds. The Labute approximate surface area is 302 Å². The second kappa shape index (κ2) is 15.5. The van der Waals surface area contributed by atoms with Gasteiger partial charge in [0.25, 0.3) is 5.60 Å². The number of methoxy groups -OCH3 is 2. The summed E-state index contributed by atoms with van der Waals surface area (Å²) in [6, 6.07) is 7.77. The topological polar surface area (TPSA) is 182 Å². The highest BCUT2D eigenvalue weighted by Gasteiger charge is 2.71. The molecule has 0 aliphatic carbocycles. The molecule has 3 aromatic heterocycles. The summed E-state index contributed by atoms with van der Waals surface area (Å²) in [6.45, 7) is 1.05. The maximum absolute atomic E-state index is 14.7. The van der Waals surface area contributed by atoms with E-state index in [1.165, 1.54) is 52.3 Å². The molecule has 0 saturated carbocycles. The molecule has 23 heteroatoms. The van der Waals surface area contributed by atoms with Crippen LogP contribution in [0.1, 0.15) is 37.4 Å². The van der Waals surface area contributed by atoms with Crippen LogP contribution in [0.4, 0.5) is 36.7 Å². The zero-order chi connectivity index (χ0) is 39.6. The number of aromatic nitrogens is 6. The number of anilines is 1. The van der Waals surface area contributed by atoms with Gasteiger partial charge in [-0.05, 0) is 25.1 Å². The first-order valence-electron chi connectivity index (χ1n) is 15.7. The summed E-state index contributed by atoms with van der Waals surface area (Å²) in [5.41, 5.74) is -5.64. The highest BCUT2D eigenvalue weighted by molar-refractivity contribution is 7.93. The van der Waals surface area contributed by atoms with E-state index in [4.69, 9.17) is 23.7 Å². The Balaban J connectivity index is 1.53. The maximum Gasteiger partial charge on any atom is 0.429 e. The van der Waals surface area contributed by atoms with Crippen LogP contribution in [0.2, 0.25) is 0 Å². The summed E-state index contributed by atoms with van der Waals surface area (Å²) in [4.78, 5) is 12.2. The van der Waals surface area contributed by atoms with Gasteiger partial charge in [0, 0.05) is 12.0 Å². The standard InChI is InChI=1S/C31H32F7N7O8S/c1-16(26-39-13-18(32)24(41-26)22-14-51-11-12-52-22)17(2)54(47,48)44-28-43-42-27(45(28)25-20(49-3)8-6-9-21(25)50-4)19-7-5-10-23(40-19)53-15-29(46,30(33,34)35)31(36,37)38/h5-10,13,16-17,22,46H,11-12,14-15H2,1-4H3,(H,43,44)/t16-,17-,22+/m0/s1. The highest BCUT2D eigenvalue weighted by Crippen LogP contribution is 2.43. The third-order valence-corrected chi connectivity index (χ3v) is 10.2. The lowest BCUT2D eigenvalue weighted by atomic mass is 10.0. The zero-order valence-corrected chi connectivity index (χ0v) is 29.5. The molecule has 15 nitrogen and oxygen atoms in total. The quantitative estimate of drug-likeness (QED) is 0.180. The van der Waals surface area contributed by atoms with Gasteiger partial charge in [-0.2, -0.15) is 26.3 Å². The fraction of sp³-hybridized carbons (Fsp3) is 0.452. The molecule has 1 saturated heterocycles. The number of pyridine rings is 1. The summed E-state index contributed by atoms with van der Waals surface area (Å²) in [6.07, 6.45) is -12.3. The first-order valence-corrected chi connectivity index (χ1v) is 17.2.